The average molecular weight is 243 g/mol. The van der Waals surface area contributed by atoms with Crippen LogP contribution in [0.25, 0.3) is 0 Å². The van der Waals surface area contributed by atoms with Crippen molar-refractivity contribution >= 4 is 18.0 Å². The molecule has 96 valence electrons. The lowest BCUT2D eigenvalue weighted by Crippen LogP contribution is -2.32. The zero-order valence-corrected chi connectivity index (χ0v) is 10.3. The molecule has 1 aliphatic rings. The normalized spacial score (nSPS) is 15.7. The third-order valence-electron chi connectivity index (χ3n) is 2.02. The van der Waals surface area contributed by atoms with Crippen LogP contribution in [0, 0.1) is 0 Å². The van der Waals surface area contributed by atoms with Gasteiger partial charge in [-0.25, -0.2) is 9.69 Å². The summed E-state index contributed by atoms with van der Waals surface area (Å²) in [6.07, 6.45) is -0.705. The topological polar surface area (TPSA) is 72.9 Å². The number of nitrogens with zero attached hydrogens (tertiary/aromatic N) is 1. The molecule has 0 saturated carbocycles. The maximum absolute atomic E-state index is 11.5. The van der Waals surface area contributed by atoms with Crippen LogP contribution in [0.2, 0.25) is 0 Å². The first-order chi connectivity index (χ1) is 7.79. The van der Waals surface area contributed by atoms with Crippen molar-refractivity contribution in [2.45, 2.75) is 39.2 Å². The van der Waals surface area contributed by atoms with E-state index in [2.05, 4.69) is 4.74 Å². The van der Waals surface area contributed by atoms with Crippen molar-refractivity contribution in [1.82, 2.24) is 4.90 Å². The highest BCUT2D eigenvalue weighted by atomic mass is 16.6. The minimum Gasteiger partial charge on any atom is -0.460 e. The molecule has 17 heavy (non-hydrogen) atoms. The van der Waals surface area contributed by atoms with Crippen molar-refractivity contribution in [2.75, 3.05) is 13.2 Å². The number of hydrogen-bond donors (Lipinski definition) is 0. The number of hydrogen-bond acceptors (Lipinski definition) is 5. The third kappa shape index (κ3) is 4.42. The van der Waals surface area contributed by atoms with Crippen LogP contribution in [0.4, 0.5) is 4.79 Å². The molecule has 1 saturated heterocycles. The molecule has 0 N–H and O–H groups in total. The number of ether oxygens (including phenoxy) is 2. The van der Waals surface area contributed by atoms with E-state index in [0.717, 1.165) is 4.90 Å². The lowest BCUT2D eigenvalue weighted by molar-refractivity contribution is -0.156. The second-order valence-corrected chi connectivity index (χ2v) is 4.75. The van der Waals surface area contributed by atoms with Gasteiger partial charge >= 0.3 is 12.1 Å². The summed E-state index contributed by atoms with van der Waals surface area (Å²) in [7, 11) is 0. The van der Waals surface area contributed by atoms with Crippen LogP contribution >= 0.6 is 0 Å². The molecule has 0 radical (unpaired) electrons. The van der Waals surface area contributed by atoms with E-state index in [1.54, 1.807) is 20.8 Å². The van der Waals surface area contributed by atoms with E-state index >= 15 is 0 Å². The Balaban J connectivity index is 2.33. The standard InChI is InChI=1S/C11H17NO5/c1-11(2,3)17-9(14)5-4-8(13)12-6-7-16-10(12)15/h4-7H2,1-3H3. The molecular formula is C11H17NO5. The molecule has 0 aromatic carbocycles. The number of rotatable bonds is 3. The average Bonchev–Trinajstić information content (AvgIpc) is 2.58. The van der Waals surface area contributed by atoms with Gasteiger partial charge in [-0.15, -0.1) is 0 Å². The molecule has 1 rings (SSSR count). The van der Waals surface area contributed by atoms with Gasteiger partial charge in [0.05, 0.1) is 13.0 Å². The van der Waals surface area contributed by atoms with E-state index < -0.39 is 23.6 Å². The molecule has 1 fully saturated rings. The predicted octanol–water partition coefficient (Wildman–Crippen LogP) is 1.09. The van der Waals surface area contributed by atoms with Crippen molar-refractivity contribution in [2.24, 2.45) is 0 Å². The zero-order chi connectivity index (χ0) is 13.1. The van der Waals surface area contributed by atoms with E-state index in [1.165, 1.54) is 0 Å². The summed E-state index contributed by atoms with van der Waals surface area (Å²) < 4.78 is 9.68. The summed E-state index contributed by atoms with van der Waals surface area (Å²) in [5.41, 5.74) is -0.563. The van der Waals surface area contributed by atoms with Crippen LogP contribution in [0.5, 0.6) is 0 Å². The molecule has 0 unspecified atom stereocenters. The predicted molar refractivity (Wildman–Crippen MR) is 58.1 cm³/mol. The lowest BCUT2D eigenvalue weighted by Gasteiger charge is -2.19. The molecule has 6 nitrogen and oxygen atoms in total. The van der Waals surface area contributed by atoms with Crippen molar-refractivity contribution < 1.29 is 23.9 Å². The Morgan fingerprint density at radius 1 is 1.35 bits per heavy atom. The van der Waals surface area contributed by atoms with Gasteiger partial charge in [-0.2, -0.15) is 0 Å². The van der Waals surface area contributed by atoms with Gasteiger partial charge in [-0.3, -0.25) is 9.59 Å². The minimum absolute atomic E-state index is 0.0279. The van der Waals surface area contributed by atoms with Gasteiger partial charge < -0.3 is 9.47 Å². The summed E-state index contributed by atoms with van der Waals surface area (Å²) in [6.45, 7) is 5.74. The van der Waals surface area contributed by atoms with Crippen molar-refractivity contribution in [3.8, 4) is 0 Å². The summed E-state index contributed by atoms with van der Waals surface area (Å²) in [6, 6.07) is 0. The first-order valence-corrected chi connectivity index (χ1v) is 5.48. The summed E-state index contributed by atoms with van der Waals surface area (Å²) >= 11 is 0. The number of amides is 2. The number of carbonyl (C=O) groups is 3. The molecule has 0 atom stereocenters. The molecule has 0 spiro atoms. The monoisotopic (exact) mass is 243 g/mol. The second kappa shape index (κ2) is 5.16. The van der Waals surface area contributed by atoms with Crippen LogP contribution in [0.3, 0.4) is 0 Å². The van der Waals surface area contributed by atoms with Gasteiger partial charge in [0.1, 0.15) is 12.2 Å². The van der Waals surface area contributed by atoms with Gasteiger partial charge in [0, 0.05) is 6.42 Å². The molecule has 0 aliphatic carbocycles. The maximum atomic E-state index is 11.5. The van der Waals surface area contributed by atoms with Crippen LogP contribution < -0.4 is 0 Å². The van der Waals surface area contributed by atoms with Crippen molar-refractivity contribution in [3.63, 3.8) is 0 Å². The summed E-state index contributed by atoms with van der Waals surface area (Å²) in [5, 5.41) is 0. The van der Waals surface area contributed by atoms with E-state index in [1.807, 2.05) is 0 Å². The van der Waals surface area contributed by atoms with E-state index in [0.29, 0.717) is 0 Å². The van der Waals surface area contributed by atoms with E-state index in [-0.39, 0.29) is 26.0 Å². The quantitative estimate of drug-likeness (QED) is 0.694. The first kappa shape index (κ1) is 13.5. The van der Waals surface area contributed by atoms with Gasteiger partial charge in [0.25, 0.3) is 0 Å². The van der Waals surface area contributed by atoms with Gasteiger partial charge in [0.2, 0.25) is 5.91 Å². The zero-order valence-electron chi connectivity index (χ0n) is 10.3. The molecule has 1 heterocycles. The Morgan fingerprint density at radius 2 is 2.00 bits per heavy atom. The Kier molecular flexibility index (Phi) is 4.09. The molecule has 0 aromatic heterocycles. The van der Waals surface area contributed by atoms with Gasteiger partial charge in [-0.05, 0) is 20.8 Å². The highest BCUT2D eigenvalue weighted by Crippen LogP contribution is 2.11. The Bertz CT molecular complexity index is 331. The number of esters is 1. The van der Waals surface area contributed by atoms with E-state index in [9.17, 15) is 14.4 Å². The minimum atomic E-state index is -0.640. The molecule has 1 aliphatic heterocycles. The number of imide groups is 1. The third-order valence-corrected chi connectivity index (χ3v) is 2.02. The van der Waals surface area contributed by atoms with Crippen LogP contribution in [0.15, 0.2) is 0 Å². The fraction of sp³-hybridized carbons (Fsp3) is 0.727. The maximum Gasteiger partial charge on any atom is 0.416 e. The number of cyclic esters (lactones) is 1. The number of carbonyl (C=O) groups excluding carboxylic acids is 3. The summed E-state index contributed by atoms with van der Waals surface area (Å²) in [4.78, 5) is 35.0. The first-order valence-electron chi connectivity index (χ1n) is 5.48. The van der Waals surface area contributed by atoms with Gasteiger partial charge in [-0.1, -0.05) is 0 Å². The largest absolute Gasteiger partial charge is 0.460 e. The fourth-order valence-corrected chi connectivity index (χ4v) is 1.36. The van der Waals surface area contributed by atoms with Crippen LogP contribution in [-0.2, 0) is 19.1 Å². The second-order valence-electron chi connectivity index (χ2n) is 4.75. The van der Waals surface area contributed by atoms with Crippen molar-refractivity contribution in [1.29, 1.82) is 0 Å². The van der Waals surface area contributed by atoms with Crippen molar-refractivity contribution in [3.05, 3.63) is 0 Å². The molecule has 0 aromatic rings. The highest BCUT2D eigenvalue weighted by molar-refractivity contribution is 5.94. The smallest absolute Gasteiger partial charge is 0.416 e. The van der Waals surface area contributed by atoms with Crippen LogP contribution in [0.1, 0.15) is 33.6 Å². The Morgan fingerprint density at radius 3 is 2.47 bits per heavy atom. The molecular weight excluding hydrogens is 226 g/mol. The molecule has 6 heteroatoms. The fourth-order valence-electron chi connectivity index (χ4n) is 1.36. The summed E-state index contributed by atoms with van der Waals surface area (Å²) in [5.74, 6) is -0.850. The highest BCUT2D eigenvalue weighted by Gasteiger charge is 2.28. The van der Waals surface area contributed by atoms with Crippen LogP contribution in [-0.4, -0.2) is 41.6 Å². The molecule has 0 bridgehead atoms. The lowest BCUT2D eigenvalue weighted by atomic mass is 10.2. The molecule has 2 amide bonds. The Hall–Kier alpha value is -1.59. The van der Waals surface area contributed by atoms with Gasteiger partial charge in [0.15, 0.2) is 0 Å². The van der Waals surface area contributed by atoms with E-state index in [4.69, 9.17) is 4.74 Å². The SMILES string of the molecule is CC(C)(C)OC(=O)CCC(=O)N1CCOC1=O. The Labute approximate surface area is 99.9 Å².